The van der Waals surface area contributed by atoms with E-state index in [0.717, 1.165) is 21.2 Å². The molecule has 2 aromatic carbocycles. The number of hydrogen-bond acceptors (Lipinski definition) is 2. The van der Waals surface area contributed by atoms with Crippen molar-refractivity contribution in [1.82, 2.24) is 5.32 Å². The topological polar surface area (TPSA) is 38.3 Å². The molecule has 0 saturated carbocycles. The van der Waals surface area contributed by atoms with Crippen LogP contribution in [0.1, 0.15) is 16.7 Å². The van der Waals surface area contributed by atoms with Gasteiger partial charge in [-0.1, -0.05) is 58.4 Å². The number of halogens is 1. The van der Waals surface area contributed by atoms with E-state index in [4.69, 9.17) is 4.74 Å². The molecule has 0 spiro atoms. The number of amides is 1. The van der Waals surface area contributed by atoms with Gasteiger partial charge in [0.2, 0.25) is 0 Å². The smallest absolute Gasteiger partial charge is 0.407 e. The molecule has 2 rings (SSSR count). The van der Waals surface area contributed by atoms with E-state index in [1.807, 2.05) is 55.5 Å². The van der Waals surface area contributed by atoms with Gasteiger partial charge in [0.15, 0.2) is 0 Å². The van der Waals surface area contributed by atoms with Gasteiger partial charge >= 0.3 is 6.09 Å². The maximum Gasteiger partial charge on any atom is 0.407 e. The monoisotopic (exact) mass is 333 g/mol. The minimum Gasteiger partial charge on any atom is -0.445 e. The van der Waals surface area contributed by atoms with E-state index in [9.17, 15) is 4.79 Å². The van der Waals surface area contributed by atoms with Crippen molar-refractivity contribution in [3.05, 3.63) is 69.7 Å². The average Bonchev–Trinajstić information content (AvgIpc) is 2.47. The van der Waals surface area contributed by atoms with Crippen LogP contribution in [0.25, 0.3) is 0 Å². The molecule has 0 bridgehead atoms. The largest absolute Gasteiger partial charge is 0.445 e. The van der Waals surface area contributed by atoms with Crippen LogP contribution in [0.2, 0.25) is 0 Å². The van der Waals surface area contributed by atoms with Crippen LogP contribution < -0.4 is 5.32 Å². The van der Waals surface area contributed by atoms with Crippen LogP contribution in [-0.4, -0.2) is 6.09 Å². The average molecular weight is 334 g/mol. The lowest BCUT2D eigenvalue weighted by atomic mass is 10.1. The summed E-state index contributed by atoms with van der Waals surface area (Å²) >= 11 is 3.45. The first-order valence-electron chi connectivity index (χ1n) is 6.35. The van der Waals surface area contributed by atoms with Crippen LogP contribution in [0.15, 0.2) is 53.0 Å². The minimum absolute atomic E-state index is 0.284. The Morgan fingerprint density at radius 2 is 1.90 bits per heavy atom. The van der Waals surface area contributed by atoms with Gasteiger partial charge in [-0.2, -0.15) is 0 Å². The van der Waals surface area contributed by atoms with E-state index in [0.29, 0.717) is 6.54 Å². The highest BCUT2D eigenvalue weighted by Gasteiger charge is 2.03. The Bertz CT molecular complexity index is 584. The van der Waals surface area contributed by atoms with Crippen molar-refractivity contribution in [2.75, 3.05) is 0 Å². The number of hydrogen-bond donors (Lipinski definition) is 1. The molecule has 0 saturated heterocycles. The van der Waals surface area contributed by atoms with Gasteiger partial charge in [-0.25, -0.2) is 4.79 Å². The molecular formula is C16H16BrNO2. The predicted molar refractivity (Wildman–Crippen MR) is 82.3 cm³/mol. The molecule has 0 aliphatic rings. The molecular weight excluding hydrogens is 318 g/mol. The molecule has 1 amide bonds. The molecule has 2 aromatic rings. The summed E-state index contributed by atoms with van der Waals surface area (Å²) in [6.07, 6.45) is -0.408. The number of alkyl carbamates (subject to hydrolysis) is 1. The molecule has 3 nitrogen and oxygen atoms in total. The normalized spacial score (nSPS) is 10.1. The van der Waals surface area contributed by atoms with Gasteiger partial charge in [-0.05, 0) is 29.7 Å². The molecule has 0 atom stereocenters. The van der Waals surface area contributed by atoms with Crippen LogP contribution in [0.5, 0.6) is 0 Å². The van der Waals surface area contributed by atoms with Gasteiger partial charge in [0.25, 0.3) is 0 Å². The second kappa shape index (κ2) is 7.10. The molecule has 0 aliphatic carbocycles. The molecule has 20 heavy (non-hydrogen) atoms. The summed E-state index contributed by atoms with van der Waals surface area (Å²) in [5, 5.41) is 2.74. The maximum atomic E-state index is 11.6. The molecule has 0 fully saturated rings. The van der Waals surface area contributed by atoms with Crippen molar-refractivity contribution in [3.63, 3.8) is 0 Å². The van der Waals surface area contributed by atoms with Gasteiger partial charge in [-0.15, -0.1) is 0 Å². The minimum atomic E-state index is -0.408. The lowest BCUT2D eigenvalue weighted by Crippen LogP contribution is -2.23. The molecule has 1 N–H and O–H groups in total. The number of aryl methyl sites for hydroxylation is 1. The quantitative estimate of drug-likeness (QED) is 0.911. The lowest BCUT2D eigenvalue weighted by Gasteiger charge is -2.08. The van der Waals surface area contributed by atoms with Crippen molar-refractivity contribution in [2.24, 2.45) is 0 Å². The van der Waals surface area contributed by atoms with Crippen LogP contribution >= 0.6 is 15.9 Å². The number of carbonyl (C=O) groups excluding carboxylic acids is 1. The summed E-state index contributed by atoms with van der Waals surface area (Å²) in [7, 11) is 0. The van der Waals surface area contributed by atoms with E-state index >= 15 is 0 Å². The third-order valence-corrected chi connectivity index (χ3v) is 3.76. The van der Waals surface area contributed by atoms with E-state index < -0.39 is 6.09 Å². The lowest BCUT2D eigenvalue weighted by molar-refractivity contribution is 0.139. The Morgan fingerprint density at radius 1 is 1.15 bits per heavy atom. The molecule has 0 unspecified atom stereocenters. The Labute approximate surface area is 127 Å². The number of ether oxygens (including phenoxy) is 1. The summed E-state index contributed by atoms with van der Waals surface area (Å²) in [6.45, 7) is 2.76. The van der Waals surface area contributed by atoms with Crippen LogP contribution in [0.4, 0.5) is 4.79 Å². The number of carbonyl (C=O) groups is 1. The van der Waals surface area contributed by atoms with Crippen molar-refractivity contribution in [1.29, 1.82) is 0 Å². The van der Waals surface area contributed by atoms with E-state index in [1.54, 1.807) is 0 Å². The van der Waals surface area contributed by atoms with Gasteiger partial charge in [0, 0.05) is 11.0 Å². The second-order valence-electron chi connectivity index (χ2n) is 4.50. The van der Waals surface area contributed by atoms with Crippen molar-refractivity contribution < 1.29 is 9.53 Å². The van der Waals surface area contributed by atoms with Crippen molar-refractivity contribution in [2.45, 2.75) is 20.1 Å². The SMILES string of the molecule is Cc1cc(CNC(=O)OCc2ccccc2)ccc1Br. The molecule has 4 heteroatoms. The third kappa shape index (κ3) is 4.38. The standard InChI is InChI=1S/C16H16BrNO2/c1-12-9-14(7-8-15(12)17)10-18-16(19)20-11-13-5-3-2-4-6-13/h2-9H,10-11H2,1H3,(H,18,19). The maximum absolute atomic E-state index is 11.6. The summed E-state index contributed by atoms with van der Waals surface area (Å²) in [6, 6.07) is 15.6. The summed E-state index contributed by atoms with van der Waals surface area (Å²) in [5.74, 6) is 0. The molecule has 0 radical (unpaired) electrons. The van der Waals surface area contributed by atoms with Gasteiger partial charge in [-0.3, -0.25) is 0 Å². The van der Waals surface area contributed by atoms with Crippen molar-refractivity contribution in [3.8, 4) is 0 Å². The first-order chi connectivity index (χ1) is 9.65. The fraction of sp³-hybridized carbons (Fsp3) is 0.188. The van der Waals surface area contributed by atoms with Gasteiger partial charge in [0.05, 0.1) is 0 Å². The Hall–Kier alpha value is -1.81. The highest BCUT2D eigenvalue weighted by molar-refractivity contribution is 9.10. The Kier molecular flexibility index (Phi) is 5.18. The molecule has 104 valence electrons. The fourth-order valence-electron chi connectivity index (χ4n) is 1.77. The third-order valence-electron chi connectivity index (χ3n) is 2.87. The first kappa shape index (κ1) is 14.6. The molecule has 0 aliphatic heterocycles. The van der Waals surface area contributed by atoms with Crippen molar-refractivity contribution >= 4 is 22.0 Å². The summed E-state index contributed by atoms with van der Waals surface area (Å²) < 4.78 is 6.21. The number of nitrogens with one attached hydrogen (secondary N) is 1. The number of rotatable bonds is 4. The zero-order valence-electron chi connectivity index (χ0n) is 11.2. The van der Waals surface area contributed by atoms with Gasteiger partial charge in [0.1, 0.15) is 6.61 Å². The zero-order chi connectivity index (χ0) is 14.4. The summed E-state index contributed by atoms with van der Waals surface area (Å²) in [5.41, 5.74) is 3.16. The first-order valence-corrected chi connectivity index (χ1v) is 7.14. The summed E-state index contributed by atoms with van der Waals surface area (Å²) in [4.78, 5) is 11.6. The zero-order valence-corrected chi connectivity index (χ0v) is 12.8. The molecule has 0 aromatic heterocycles. The highest BCUT2D eigenvalue weighted by Crippen LogP contribution is 2.16. The Morgan fingerprint density at radius 3 is 2.60 bits per heavy atom. The van der Waals surface area contributed by atoms with Crippen LogP contribution in [-0.2, 0) is 17.9 Å². The molecule has 0 heterocycles. The van der Waals surface area contributed by atoms with Crippen LogP contribution in [0, 0.1) is 6.92 Å². The second-order valence-corrected chi connectivity index (χ2v) is 5.35. The highest BCUT2D eigenvalue weighted by atomic mass is 79.9. The number of benzene rings is 2. The Balaban J connectivity index is 1.79. The fourth-order valence-corrected chi connectivity index (χ4v) is 2.01. The van der Waals surface area contributed by atoms with E-state index in [-0.39, 0.29) is 6.61 Å². The van der Waals surface area contributed by atoms with E-state index in [2.05, 4.69) is 21.2 Å². The van der Waals surface area contributed by atoms with Gasteiger partial charge < -0.3 is 10.1 Å². The van der Waals surface area contributed by atoms with Crippen LogP contribution in [0.3, 0.4) is 0 Å². The van der Waals surface area contributed by atoms with E-state index in [1.165, 1.54) is 0 Å². The predicted octanol–water partition coefficient (Wildman–Crippen LogP) is 4.18.